The number of rotatable bonds is 2. The van der Waals surface area contributed by atoms with Crippen molar-refractivity contribution >= 4 is 23.1 Å². The standard InChI is InChI=1S/C33H31FO7/c1-16(2)25-27(37)23(17(3)35)29(39)33(41)30(40)26-28(38)24-20(14-31(26,4)15-32(25,33)5)18(12-13-22(24)36)10-11-19-8-6-7-9-21(19)34/h6-9,12-13,16,25,36,38-39,41H,14-15H2,1-5H3/t25?,31-,32-,33+/m1/s1. The summed E-state index contributed by atoms with van der Waals surface area (Å²) < 4.78 is 14.2. The van der Waals surface area contributed by atoms with E-state index in [1.807, 2.05) is 0 Å². The number of carbonyl (C=O) groups excluding carboxylic acids is 3. The predicted octanol–water partition coefficient (Wildman–Crippen LogP) is 4.73. The first-order valence-corrected chi connectivity index (χ1v) is 13.4. The van der Waals surface area contributed by atoms with Gasteiger partial charge in [-0.05, 0) is 55.5 Å². The van der Waals surface area contributed by atoms with E-state index in [2.05, 4.69) is 11.8 Å². The van der Waals surface area contributed by atoms with E-state index in [-0.39, 0.29) is 35.3 Å². The Balaban J connectivity index is 1.78. The quantitative estimate of drug-likeness (QED) is 0.310. The van der Waals surface area contributed by atoms with Crippen molar-refractivity contribution in [2.75, 3.05) is 0 Å². The number of hydrogen-bond acceptors (Lipinski definition) is 7. The zero-order valence-electron chi connectivity index (χ0n) is 23.4. The minimum Gasteiger partial charge on any atom is -0.508 e. The highest BCUT2D eigenvalue weighted by molar-refractivity contribution is 6.24. The highest BCUT2D eigenvalue weighted by Gasteiger charge is 2.72. The normalized spacial score (nSPS) is 29.0. The molecule has 7 nitrogen and oxygen atoms in total. The summed E-state index contributed by atoms with van der Waals surface area (Å²) in [6, 6.07) is 8.84. The Morgan fingerprint density at radius 3 is 2.27 bits per heavy atom. The topological polar surface area (TPSA) is 132 Å². The predicted molar refractivity (Wildman–Crippen MR) is 148 cm³/mol. The van der Waals surface area contributed by atoms with Gasteiger partial charge in [-0.2, -0.15) is 0 Å². The molecule has 41 heavy (non-hydrogen) atoms. The maximum Gasteiger partial charge on any atom is 0.203 e. The summed E-state index contributed by atoms with van der Waals surface area (Å²) in [7, 11) is 0. The number of aromatic hydroxyl groups is 1. The summed E-state index contributed by atoms with van der Waals surface area (Å²) in [5.74, 6) is -0.601. The van der Waals surface area contributed by atoms with Gasteiger partial charge in [0.25, 0.3) is 0 Å². The summed E-state index contributed by atoms with van der Waals surface area (Å²) in [5, 5.41) is 45.6. The van der Waals surface area contributed by atoms with Gasteiger partial charge < -0.3 is 20.4 Å². The maximum atomic E-state index is 14.3. The van der Waals surface area contributed by atoms with Crippen LogP contribution in [0.3, 0.4) is 0 Å². The van der Waals surface area contributed by atoms with Crippen molar-refractivity contribution in [3.05, 3.63) is 81.4 Å². The molecule has 0 bridgehead atoms. The summed E-state index contributed by atoms with van der Waals surface area (Å²) in [4.78, 5) is 40.4. The fraction of sp³-hybridized carbons (Fsp3) is 0.364. The van der Waals surface area contributed by atoms with E-state index < -0.39 is 68.5 Å². The molecule has 2 aromatic rings. The molecular weight excluding hydrogens is 527 g/mol. The van der Waals surface area contributed by atoms with Crippen molar-refractivity contribution in [3.8, 4) is 17.6 Å². The zero-order valence-corrected chi connectivity index (χ0v) is 23.4. The number of fused-ring (bicyclic) bond motifs is 3. The van der Waals surface area contributed by atoms with E-state index in [1.54, 1.807) is 45.9 Å². The van der Waals surface area contributed by atoms with Gasteiger partial charge in [0, 0.05) is 27.9 Å². The van der Waals surface area contributed by atoms with Gasteiger partial charge in [0.15, 0.2) is 17.2 Å². The Morgan fingerprint density at radius 1 is 1.02 bits per heavy atom. The monoisotopic (exact) mass is 558 g/mol. The lowest BCUT2D eigenvalue weighted by atomic mass is 9.43. The van der Waals surface area contributed by atoms with Gasteiger partial charge in [0.05, 0.1) is 11.1 Å². The van der Waals surface area contributed by atoms with Gasteiger partial charge >= 0.3 is 0 Å². The van der Waals surface area contributed by atoms with Crippen molar-refractivity contribution in [1.29, 1.82) is 0 Å². The minimum absolute atomic E-state index is 0.0270. The van der Waals surface area contributed by atoms with Crippen LogP contribution in [-0.4, -0.2) is 43.4 Å². The van der Waals surface area contributed by atoms with E-state index >= 15 is 0 Å². The van der Waals surface area contributed by atoms with Crippen LogP contribution in [0.15, 0.2) is 53.3 Å². The Morgan fingerprint density at radius 2 is 1.66 bits per heavy atom. The fourth-order valence-corrected chi connectivity index (χ4v) is 7.53. The zero-order chi connectivity index (χ0) is 30.2. The van der Waals surface area contributed by atoms with E-state index in [1.165, 1.54) is 18.2 Å². The van der Waals surface area contributed by atoms with Gasteiger partial charge in [0.2, 0.25) is 5.78 Å². The van der Waals surface area contributed by atoms with Gasteiger partial charge in [-0.1, -0.05) is 51.7 Å². The number of ketones is 3. The van der Waals surface area contributed by atoms with Crippen LogP contribution >= 0.6 is 0 Å². The molecule has 2 aromatic carbocycles. The second kappa shape index (κ2) is 9.15. The molecule has 0 aromatic heterocycles. The number of aliphatic hydroxyl groups is 3. The second-order valence-electron chi connectivity index (χ2n) is 12.2. The van der Waals surface area contributed by atoms with Gasteiger partial charge in [-0.3, -0.25) is 14.4 Å². The number of hydrogen-bond donors (Lipinski definition) is 4. The van der Waals surface area contributed by atoms with Crippen LogP contribution in [0.25, 0.3) is 5.76 Å². The smallest absolute Gasteiger partial charge is 0.203 e. The van der Waals surface area contributed by atoms with E-state index in [4.69, 9.17) is 0 Å². The lowest BCUT2D eigenvalue weighted by molar-refractivity contribution is -0.178. The molecule has 0 heterocycles. The molecule has 0 amide bonds. The third kappa shape index (κ3) is 3.72. The minimum atomic E-state index is -2.67. The van der Waals surface area contributed by atoms with E-state index in [0.717, 1.165) is 6.92 Å². The van der Waals surface area contributed by atoms with E-state index in [9.17, 15) is 39.2 Å². The first-order chi connectivity index (χ1) is 19.1. The average Bonchev–Trinajstić information content (AvgIpc) is 2.86. The molecule has 0 saturated heterocycles. The summed E-state index contributed by atoms with van der Waals surface area (Å²) >= 11 is 0. The van der Waals surface area contributed by atoms with Crippen LogP contribution in [0, 0.1) is 40.3 Å². The number of aliphatic hydroxyl groups excluding tert-OH is 2. The molecule has 8 heteroatoms. The molecular formula is C33H31FO7. The van der Waals surface area contributed by atoms with E-state index in [0.29, 0.717) is 11.1 Å². The third-order valence-corrected chi connectivity index (χ3v) is 9.09. The first kappa shape index (κ1) is 28.3. The van der Waals surface area contributed by atoms with Crippen LogP contribution < -0.4 is 0 Å². The molecule has 5 rings (SSSR count). The Bertz CT molecular complexity index is 1690. The largest absolute Gasteiger partial charge is 0.508 e. The van der Waals surface area contributed by atoms with Gasteiger partial charge in [-0.15, -0.1) is 0 Å². The second-order valence-corrected chi connectivity index (χ2v) is 12.2. The van der Waals surface area contributed by atoms with Gasteiger partial charge in [0.1, 0.15) is 28.7 Å². The first-order valence-electron chi connectivity index (χ1n) is 13.4. The number of phenolic OH excluding ortho intramolecular Hbond substituents is 1. The van der Waals surface area contributed by atoms with Crippen LogP contribution in [0.5, 0.6) is 5.75 Å². The molecule has 4 N–H and O–H groups in total. The molecule has 4 atom stereocenters. The number of allylic oxidation sites excluding steroid dienone is 1. The highest BCUT2D eigenvalue weighted by atomic mass is 19.1. The summed E-state index contributed by atoms with van der Waals surface area (Å²) in [6.45, 7) is 7.84. The maximum absolute atomic E-state index is 14.3. The van der Waals surface area contributed by atoms with Crippen molar-refractivity contribution in [3.63, 3.8) is 0 Å². The molecule has 3 aliphatic carbocycles. The van der Waals surface area contributed by atoms with Crippen molar-refractivity contribution in [2.24, 2.45) is 22.7 Å². The Hall–Kier alpha value is -4.22. The van der Waals surface area contributed by atoms with Crippen LogP contribution in [0.1, 0.15) is 63.3 Å². The molecule has 212 valence electrons. The fourth-order valence-electron chi connectivity index (χ4n) is 7.53. The summed E-state index contributed by atoms with van der Waals surface area (Å²) in [5.41, 5.74) is -5.30. The van der Waals surface area contributed by atoms with Crippen LogP contribution in [0.2, 0.25) is 0 Å². The molecule has 1 unspecified atom stereocenters. The number of phenols is 1. The van der Waals surface area contributed by atoms with Crippen molar-refractivity contribution in [2.45, 2.75) is 53.1 Å². The molecule has 0 spiro atoms. The number of Topliss-reactive ketones (excluding diaryl/α,β-unsaturated/α-hetero) is 3. The van der Waals surface area contributed by atoms with Crippen LogP contribution in [0.4, 0.5) is 4.39 Å². The SMILES string of the molecule is CC(=O)C1=C(O)[C@]2(O)C(=O)C3=C(O)c4c(O)ccc(C#Cc5ccccc5F)c4C[C@]3(C)C[C@]2(C)C(C(C)C)C1=O. The number of benzene rings is 2. The third-order valence-electron chi connectivity index (χ3n) is 9.09. The number of halogens is 1. The number of carbonyl (C=O) groups is 3. The molecule has 1 fully saturated rings. The average molecular weight is 559 g/mol. The van der Waals surface area contributed by atoms with Gasteiger partial charge in [-0.25, -0.2) is 4.39 Å². The molecule has 3 aliphatic rings. The summed E-state index contributed by atoms with van der Waals surface area (Å²) in [6.07, 6.45) is 0.0542. The van der Waals surface area contributed by atoms with Crippen molar-refractivity contribution < 1.29 is 39.2 Å². The van der Waals surface area contributed by atoms with Crippen LogP contribution in [-0.2, 0) is 20.8 Å². The Labute approximate surface area is 237 Å². The van der Waals surface area contributed by atoms with Crippen molar-refractivity contribution in [1.82, 2.24) is 0 Å². The molecule has 1 saturated carbocycles. The lowest BCUT2D eigenvalue weighted by Gasteiger charge is -2.59. The molecule has 0 aliphatic heterocycles. The lowest BCUT2D eigenvalue weighted by Crippen LogP contribution is -2.69. The molecule has 0 radical (unpaired) electrons. The highest BCUT2D eigenvalue weighted by Crippen LogP contribution is 2.65. The Kier molecular flexibility index (Phi) is 6.32.